The fraction of sp³-hybridized carbons (Fsp3) is 0.174. The molecule has 0 bridgehead atoms. The smallest absolute Gasteiger partial charge is 0.360 e. The van der Waals surface area contributed by atoms with Gasteiger partial charge in [0.15, 0.2) is 0 Å². The van der Waals surface area contributed by atoms with E-state index in [-0.39, 0.29) is 12.0 Å². The van der Waals surface area contributed by atoms with Crippen molar-refractivity contribution in [3.8, 4) is 5.75 Å². The zero-order chi connectivity index (χ0) is 18.6. The molecule has 0 fully saturated rings. The van der Waals surface area contributed by atoms with E-state index in [2.05, 4.69) is 40.3 Å². The van der Waals surface area contributed by atoms with E-state index in [1.165, 1.54) is 5.56 Å². The average Bonchev–Trinajstić information content (AvgIpc) is 3.13. The van der Waals surface area contributed by atoms with E-state index in [1.54, 1.807) is 12.1 Å². The van der Waals surface area contributed by atoms with Gasteiger partial charge >= 0.3 is 5.97 Å². The van der Waals surface area contributed by atoms with Crippen LogP contribution in [0.1, 0.15) is 27.8 Å². The van der Waals surface area contributed by atoms with Crippen molar-refractivity contribution < 1.29 is 9.53 Å². The van der Waals surface area contributed by atoms with Crippen molar-refractivity contribution in [2.24, 2.45) is 0 Å². The molecule has 4 heteroatoms. The van der Waals surface area contributed by atoms with Gasteiger partial charge in [0.2, 0.25) is 0 Å². The number of esters is 1. The first-order valence-corrected chi connectivity index (χ1v) is 9.11. The Morgan fingerprint density at radius 3 is 2.44 bits per heavy atom. The summed E-state index contributed by atoms with van der Waals surface area (Å²) in [4.78, 5) is 15.1. The highest BCUT2D eigenvalue weighted by molar-refractivity contribution is 5.89. The standard InChI is InChI=1S/C23H22N2O2/c1-2-19-16-24(15-18-9-5-3-6-10-18)17-20-13-14-22(25(19)20)23(26)27-21-11-7-4-8-12-21/h2-14,19H,1,15-17H2/t19-/m0/s1. The van der Waals surface area contributed by atoms with Crippen molar-refractivity contribution in [1.82, 2.24) is 9.47 Å². The summed E-state index contributed by atoms with van der Waals surface area (Å²) in [5.74, 6) is 0.213. The first-order chi connectivity index (χ1) is 13.2. The van der Waals surface area contributed by atoms with Gasteiger partial charge in [-0.05, 0) is 29.8 Å². The molecule has 1 aliphatic heterocycles. The summed E-state index contributed by atoms with van der Waals surface area (Å²) in [5, 5.41) is 0. The zero-order valence-corrected chi connectivity index (χ0v) is 15.1. The Balaban J connectivity index is 1.55. The summed E-state index contributed by atoms with van der Waals surface area (Å²) in [5.41, 5.74) is 2.95. The van der Waals surface area contributed by atoms with Crippen molar-refractivity contribution in [1.29, 1.82) is 0 Å². The minimum atomic E-state index is -0.337. The van der Waals surface area contributed by atoms with Crippen LogP contribution in [0.25, 0.3) is 0 Å². The van der Waals surface area contributed by atoms with Gasteiger partial charge in [0.1, 0.15) is 11.4 Å². The lowest BCUT2D eigenvalue weighted by Crippen LogP contribution is -2.37. The van der Waals surface area contributed by atoms with Crippen molar-refractivity contribution >= 4 is 5.97 Å². The third-order valence-electron chi connectivity index (χ3n) is 4.85. The van der Waals surface area contributed by atoms with Crippen LogP contribution < -0.4 is 4.74 Å². The minimum Gasteiger partial charge on any atom is -0.422 e. The molecule has 1 atom stereocenters. The number of carbonyl (C=O) groups is 1. The fourth-order valence-corrected chi connectivity index (χ4v) is 3.61. The van der Waals surface area contributed by atoms with Gasteiger partial charge in [0.05, 0.1) is 6.04 Å². The Bertz CT molecular complexity index is 932. The minimum absolute atomic E-state index is 0.0331. The second-order valence-electron chi connectivity index (χ2n) is 6.74. The molecule has 3 aromatic rings. The molecule has 0 amide bonds. The fourth-order valence-electron chi connectivity index (χ4n) is 3.61. The molecule has 0 saturated carbocycles. The molecule has 4 nitrogen and oxygen atoms in total. The lowest BCUT2D eigenvalue weighted by atomic mass is 10.1. The average molecular weight is 358 g/mol. The zero-order valence-electron chi connectivity index (χ0n) is 15.1. The summed E-state index contributed by atoms with van der Waals surface area (Å²) < 4.78 is 7.59. The first-order valence-electron chi connectivity index (χ1n) is 9.11. The Hall–Kier alpha value is -3.11. The van der Waals surface area contributed by atoms with Crippen molar-refractivity contribution in [2.45, 2.75) is 19.1 Å². The van der Waals surface area contributed by atoms with Crippen LogP contribution in [0.2, 0.25) is 0 Å². The van der Waals surface area contributed by atoms with Crippen LogP contribution in [-0.2, 0) is 13.1 Å². The molecule has 0 unspecified atom stereocenters. The van der Waals surface area contributed by atoms with Crippen molar-refractivity contribution in [3.63, 3.8) is 0 Å². The number of nitrogens with zero attached hydrogens (tertiary/aromatic N) is 2. The van der Waals surface area contributed by atoms with Gasteiger partial charge in [-0.1, -0.05) is 54.6 Å². The molecule has 4 rings (SSSR count). The summed E-state index contributed by atoms with van der Waals surface area (Å²) in [6, 6.07) is 23.5. The number of hydrogen-bond acceptors (Lipinski definition) is 3. The van der Waals surface area contributed by atoms with Gasteiger partial charge in [0, 0.05) is 25.3 Å². The SMILES string of the molecule is C=C[C@H]1CN(Cc2ccccc2)Cc2ccc(C(=O)Oc3ccccc3)n21. The summed E-state index contributed by atoms with van der Waals surface area (Å²) in [6.07, 6.45) is 1.90. The van der Waals surface area contributed by atoms with Crippen LogP contribution in [0.3, 0.4) is 0 Å². The largest absolute Gasteiger partial charge is 0.422 e. The quantitative estimate of drug-likeness (QED) is 0.384. The van der Waals surface area contributed by atoms with Gasteiger partial charge in [0.25, 0.3) is 0 Å². The van der Waals surface area contributed by atoms with Gasteiger partial charge < -0.3 is 9.30 Å². The third kappa shape index (κ3) is 3.71. The number of ether oxygens (including phenoxy) is 1. The number of aromatic nitrogens is 1. The Labute approximate surface area is 159 Å². The lowest BCUT2D eigenvalue weighted by Gasteiger charge is -2.34. The molecule has 2 aromatic carbocycles. The lowest BCUT2D eigenvalue weighted by molar-refractivity contribution is 0.0716. The maximum atomic E-state index is 12.7. The molecule has 0 radical (unpaired) electrons. The van der Waals surface area contributed by atoms with Crippen molar-refractivity contribution in [2.75, 3.05) is 6.54 Å². The molecule has 2 heterocycles. The van der Waals surface area contributed by atoms with E-state index >= 15 is 0 Å². The van der Waals surface area contributed by atoms with Crippen LogP contribution in [0.5, 0.6) is 5.75 Å². The number of benzene rings is 2. The van der Waals surface area contributed by atoms with Crippen LogP contribution in [0, 0.1) is 0 Å². The topological polar surface area (TPSA) is 34.5 Å². The normalized spacial score (nSPS) is 16.5. The van der Waals surface area contributed by atoms with E-state index in [0.717, 1.165) is 25.3 Å². The molecular weight excluding hydrogens is 336 g/mol. The van der Waals surface area contributed by atoms with Crippen LogP contribution in [0.15, 0.2) is 85.5 Å². The van der Waals surface area contributed by atoms with E-state index in [0.29, 0.717) is 11.4 Å². The molecule has 136 valence electrons. The second kappa shape index (κ2) is 7.64. The van der Waals surface area contributed by atoms with Gasteiger partial charge in [-0.15, -0.1) is 6.58 Å². The number of fused-ring (bicyclic) bond motifs is 1. The molecule has 1 aromatic heterocycles. The molecule has 27 heavy (non-hydrogen) atoms. The third-order valence-corrected chi connectivity index (χ3v) is 4.85. The highest BCUT2D eigenvalue weighted by Crippen LogP contribution is 2.27. The molecule has 0 aliphatic carbocycles. The second-order valence-corrected chi connectivity index (χ2v) is 6.74. The van der Waals surface area contributed by atoms with E-state index < -0.39 is 0 Å². The number of para-hydroxylation sites is 1. The number of rotatable bonds is 5. The highest BCUT2D eigenvalue weighted by Gasteiger charge is 2.28. The summed E-state index contributed by atoms with van der Waals surface area (Å²) in [6.45, 7) is 6.47. The van der Waals surface area contributed by atoms with Crippen molar-refractivity contribution in [3.05, 3.63) is 102 Å². The predicted molar refractivity (Wildman–Crippen MR) is 106 cm³/mol. The summed E-state index contributed by atoms with van der Waals surface area (Å²) >= 11 is 0. The van der Waals surface area contributed by atoms with E-state index in [4.69, 9.17) is 4.74 Å². The molecule has 1 aliphatic rings. The van der Waals surface area contributed by atoms with E-state index in [9.17, 15) is 4.79 Å². The number of hydrogen-bond donors (Lipinski definition) is 0. The molecule has 0 spiro atoms. The van der Waals surface area contributed by atoms with Crippen LogP contribution >= 0.6 is 0 Å². The predicted octanol–water partition coefficient (Wildman–Crippen LogP) is 4.45. The van der Waals surface area contributed by atoms with E-state index in [1.807, 2.05) is 42.5 Å². The Morgan fingerprint density at radius 1 is 1.04 bits per heavy atom. The first kappa shape index (κ1) is 17.3. The molecule has 0 saturated heterocycles. The highest BCUT2D eigenvalue weighted by atomic mass is 16.5. The van der Waals surface area contributed by atoms with Crippen LogP contribution in [-0.4, -0.2) is 22.0 Å². The van der Waals surface area contributed by atoms with Gasteiger partial charge in [-0.3, -0.25) is 4.90 Å². The van der Waals surface area contributed by atoms with Crippen LogP contribution in [0.4, 0.5) is 0 Å². The Morgan fingerprint density at radius 2 is 1.74 bits per heavy atom. The molecular formula is C23H22N2O2. The molecule has 0 N–H and O–H groups in total. The number of carbonyl (C=O) groups excluding carboxylic acids is 1. The maximum Gasteiger partial charge on any atom is 0.360 e. The van der Waals surface area contributed by atoms with Gasteiger partial charge in [-0.25, -0.2) is 4.79 Å². The Kier molecular flexibility index (Phi) is 4.90. The maximum absolute atomic E-state index is 12.7. The summed E-state index contributed by atoms with van der Waals surface area (Å²) in [7, 11) is 0. The van der Waals surface area contributed by atoms with Gasteiger partial charge in [-0.2, -0.15) is 0 Å². The monoisotopic (exact) mass is 358 g/mol.